The van der Waals surface area contributed by atoms with Gasteiger partial charge < -0.3 is 4.74 Å². The molecule has 128 valence electrons. The molecule has 0 amide bonds. The van der Waals surface area contributed by atoms with Gasteiger partial charge >= 0.3 is 0 Å². The molecule has 3 aromatic rings. The van der Waals surface area contributed by atoms with E-state index in [4.69, 9.17) is 4.74 Å². The number of nitriles is 1. The van der Waals surface area contributed by atoms with Crippen LogP contribution in [0, 0.1) is 20.7 Å². The van der Waals surface area contributed by atoms with Gasteiger partial charge in [0, 0.05) is 14.7 Å². The molecule has 0 bridgehead atoms. The first-order valence-electron chi connectivity index (χ1n) is 8.00. The van der Waals surface area contributed by atoms with Crippen LogP contribution in [0.4, 0.5) is 4.39 Å². The average Bonchev–Trinajstić information content (AvgIpc) is 2.67. The Morgan fingerprint density at radius 3 is 2.42 bits per heavy atom. The number of para-hydroxylation sites is 1. The maximum absolute atomic E-state index is 14.0. The van der Waals surface area contributed by atoms with E-state index in [1.54, 1.807) is 24.3 Å². The van der Waals surface area contributed by atoms with Crippen molar-refractivity contribution in [1.82, 2.24) is 0 Å². The van der Waals surface area contributed by atoms with Crippen molar-refractivity contribution in [2.24, 2.45) is 0 Å². The molecule has 3 aromatic carbocycles. The van der Waals surface area contributed by atoms with Gasteiger partial charge in [0.1, 0.15) is 18.2 Å². The van der Waals surface area contributed by atoms with Crippen LogP contribution >= 0.6 is 22.6 Å². The van der Waals surface area contributed by atoms with Crippen LogP contribution in [0.3, 0.4) is 0 Å². The minimum atomic E-state index is -0.419. The molecule has 4 heteroatoms. The van der Waals surface area contributed by atoms with Crippen LogP contribution in [0.25, 0.3) is 11.6 Å². The average molecular weight is 455 g/mol. The second-order valence-corrected chi connectivity index (χ2v) is 6.85. The van der Waals surface area contributed by atoms with Gasteiger partial charge in [0.25, 0.3) is 0 Å². The molecule has 0 heterocycles. The summed E-state index contributed by atoms with van der Waals surface area (Å²) in [5.74, 6) is 0.229. The molecule has 2 nitrogen and oxygen atoms in total. The van der Waals surface area contributed by atoms with Gasteiger partial charge in [-0.1, -0.05) is 48.5 Å². The summed E-state index contributed by atoms with van der Waals surface area (Å²) in [7, 11) is 0. The summed E-state index contributed by atoms with van der Waals surface area (Å²) in [5.41, 5.74) is 2.33. The van der Waals surface area contributed by atoms with Gasteiger partial charge in [-0.15, -0.1) is 0 Å². The summed E-state index contributed by atoms with van der Waals surface area (Å²) in [6.45, 7) is 0.420. The van der Waals surface area contributed by atoms with Crippen molar-refractivity contribution in [3.05, 3.63) is 98.9 Å². The summed E-state index contributed by atoms with van der Waals surface area (Å²) in [5, 5.41) is 9.46. The molecule has 0 radical (unpaired) electrons. The lowest BCUT2D eigenvalue weighted by Gasteiger charge is -2.10. The summed E-state index contributed by atoms with van der Waals surface area (Å²) in [4.78, 5) is 0. The number of benzene rings is 3. The molecule has 0 aliphatic rings. The zero-order valence-corrected chi connectivity index (χ0v) is 16.0. The molecular weight excluding hydrogens is 440 g/mol. The Hall–Kier alpha value is -2.65. The number of hydrogen-bond donors (Lipinski definition) is 0. The van der Waals surface area contributed by atoms with Crippen molar-refractivity contribution >= 4 is 34.2 Å². The molecule has 0 spiro atoms. The van der Waals surface area contributed by atoms with Crippen molar-refractivity contribution in [2.45, 2.75) is 6.61 Å². The highest BCUT2D eigenvalue weighted by Gasteiger charge is 2.09. The van der Waals surface area contributed by atoms with Gasteiger partial charge in [0.2, 0.25) is 0 Å². The zero-order chi connectivity index (χ0) is 18.4. The molecule has 26 heavy (non-hydrogen) atoms. The quantitative estimate of drug-likeness (QED) is 0.266. The Bertz CT molecular complexity index is 974. The van der Waals surface area contributed by atoms with Gasteiger partial charge in [-0.3, -0.25) is 0 Å². The topological polar surface area (TPSA) is 33.0 Å². The first-order chi connectivity index (χ1) is 12.7. The van der Waals surface area contributed by atoms with E-state index in [1.165, 1.54) is 9.64 Å². The maximum Gasteiger partial charge on any atom is 0.131 e. The van der Waals surface area contributed by atoms with E-state index in [-0.39, 0.29) is 11.1 Å². The molecule has 0 fully saturated rings. The summed E-state index contributed by atoms with van der Waals surface area (Å²) < 4.78 is 21.1. The molecule has 0 aliphatic carbocycles. The predicted octanol–water partition coefficient (Wildman–Crippen LogP) is 6.07. The van der Waals surface area contributed by atoms with E-state index in [2.05, 4.69) is 28.7 Å². The van der Waals surface area contributed by atoms with Crippen molar-refractivity contribution in [3.63, 3.8) is 0 Å². The van der Waals surface area contributed by atoms with Gasteiger partial charge in [0.15, 0.2) is 0 Å². The lowest BCUT2D eigenvalue weighted by atomic mass is 10.0. The third-order valence-corrected chi connectivity index (χ3v) is 4.53. The van der Waals surface area contributed by atoms with E-state index in [9.17, 15) is 9.65 Å². The van der Waals surface area contributed by atoms with Gasteiger partial charge in [0.05, 0.1) is 11.6 Å². The molecule has 0 aliphatic heterocycles. The van der Waals surface area contributed by atoms with Crippen molar-refractivity contribution in [3.8, 4) is 11.8 Å². The number of allylic oxidation sites excluding steroid dienone is 1. The van der Waals surface area contributed by atoms with E-state index in [1.807, 2.05) is 48.5 Å². The van der Waals surface area contributed by atoms with E-state index in [0.29, 0.717) is 12.4 Å². The van der Waals surface area contributed by atoms with Crippen LogP contribution in [0.1, 0.15) is 16.7 Å². The molecule has 3 rings (SSSR count). The lowest BCUT2D eigenvalue weighted by Crippen LogP contribution is -1.97. The fourth-order valence-corrected chi connectivity index (χ4v) is 2.84. The Kier molecular flexibility index (Phi) is 6.03. The van der Waals surface area contributed by atoms with Crippen LogP contribution < -0.4 is 4.74 Å². The Balaban J connectivity index is 1.87. The molecule has 0 saturated heterocycles. The smallest absolute Gasteiger partial charge is 0.131 e. The number of halogens is 2. The van der Waals surface area contributed by atoms with E-state index < -0.39 is 5.82 Å². The van der Waals surface area contributed by atoms with Crippen molar-refractivity contribution in [1.29, 1.82) is 5.26 Å². The second-order valence-electron chi connectivity index (χ2n) is 5.60. The van der Waals surface area contributed by atoms with Crippen LogP contribution in [-0.4, -0.2) is 0 Å². The fourth-order valence-electron chi connectivity index (χ4n) is 2.48. The van der Waals surface area contributed by atoms with Gasteiger partial charge in [-0.05, 0) is 58.5 Å². The highest BCUT2D eigenvalue weighted by Crippen LogP contribution is 2.26. The first-order valence-corrected chi connectivity index (χ1v) is 9.08. The highest BCUT2D eigenvalue weighted by molar-refractivity contribution is 14.1. The molecule has 0 saturated carbocycles. The zero-order valence-electron chi connectivity index (χ0n) is 13.8. The summed E-state index contributed by atoms with van der Waals surface area (Å²) in [6.07, 6.45) is 1.65. The van der Waals surface area contributed by atoms with Crippen LogP contribution in [-0.2, 0) is 6.61 Å². The molecule has 0 N–H and O–H groups in total. The van der Waals surface area contributed by atoms with Gasteiger partial charge in [-0.25, -0.2) is 4.39 Å². The number of rotatable bonds is 5. The number of nitrogens with zero attached hydrogens (tertiary/aromatic N) is 1. The lowest BCUT2D eigenvalue weighted by molar-refractivity contribution is 0.305. The maximum atomic E-state index is 14.0. The van der Waals surface area contributed by atoms with Crippen LogP contribution in [0.2, 0.25) is 0 Å². The number of ether oxygens (including phenoxy) is 1. The monoisotopic (exact) mass is 455 g/mol. The SMILES string of the molecule is N#CC(=Cc1ccccc1OCc1ccc(I)cc1)c1ccccc1F. The second kappa shape index (κ2) is 8.63. The normalized spacial score (nSPS) is 11.0. The first kappa shape index (κ1) is 18.2. The third-order valence-electron chi connectivity index (χ3n) is 3.81. The summed E-state index contributed by atoms with van der Waals surface area (Å²) in [6, 6.07) is 23.8. The largest absolute Gasteiger partial charge is 0.488 e. The minimum absolute atomic E-state index is 0.258. The third kappa shape index (κ3) is 4.50. The summed E-state index contributed by atoms with van der Waals surface area (Å²) >= 11 is 2.26. The minimum Gasteiger partial charge on any atom is -0.488 e. The Morgan fingerprint density at radius 2 is 1.69 bits per heavy atom. The van der Waals surface area contributed by atoms with Gasteiger partial charge in [-0.2, -0.15) is 5.26 Å². The molecule has 0 unspecified atom stereocenters. The standard InChI is InChI=1S/C22H15FINO/c23-21-7-3-2-6-20(21)18(14-25)13-17-5-1-4-8-22(17)26-15-16-9-11-19(24)12-10-16/h1-13H,15H2. The Morgan fingerprint density at radius 1 is 1.00 bits per heavy atom. The van der Waals surface area contributed by atoms with Crippen molar-refractivity contribution in [2.75, 3.05) is 0 Å². The van der Waals surface area contributed by atoms with Crippen molar-refractivity contribution < 1.29 is 9.13 Å². The fraction of sp³-hybridized carbons (Fsp3) is 0.0455. The molecular formula is C22H15FINO. The van der Waals surface area contributed by atoms with E-state index >= 15 is 0 Å². The molecule has 0 atom stereocenters. The molecule has 0 aromatic heterocycles. The Labute approximate surface area is 165 Å². The van der Waals surface area contributed by atoms with E-state index in [0.717, 1.165) is 11.1 Å². The predicted molar refractivity (Wildman–Crippen MR) is 110 cm³/mol. The van der Waals surface area contributed by atoms with Crippen LogP contribution in [0.5, 0.6) is 5.75 Å². The highest BCUT2D eigenvalue weighted by atomic mass is 127. The number of hydrogen-bond acceptors (Lipinski definition) is 2. The van der Waals surface area contributed by atoms with Crippen LogP contribution in [0.15, 0.2) is 72.8 Å².